The van der Waals surface area contributed by atoms with E-state index < -0.39 is 6.23 Å². The van der Waals surface area contributed by atoms with Gasteiger partial charge in [0.15, 0.2) is 5.90 Å². The zero-order valence-electron chi connectivity index (χ0n) is 13.1. The fourth-order valence-electron chi connectivity index (χ4n) is 1.77. The Morgan fingerprint density at radius 2 is 2.00 bits per heavy atom. The Labute approximate surface area is 140 Å². The van der Waals surface area contributed by atoms with Crippen molar-refractivity contribution in [3.05, 3.63) is 18.7 Å². The van der Waals surface area contributed by atoms with Gasteiger partial charge in [-0.15, -0.1) is 6.20 Å². The quantitative estimate of drug-likeness (QED) is 0.291. The Morgan fingerprint density at radius 3 is 2.53 bits per heavy atom. The summed E-state index contributed by atoms with van der Waals surface area (Å²) in [5.41, 5.74) is 0. The summed E-state index contributed by atoms with van der Waals surface area (Å²) in [7, 11) is 7.67. The summed E-state index contributed by atoms with van der Waals surface area (Å²) < 4.78 is 5.15. The molecular formula is C12H23Li2N3O2+2. The van der Waals surface area contributed by atoms with Crippen molar-refractivity contribution in [3.8, 4) is 0 Å². The molecule has 0 fully saturated rings. The zero-order valence-corrected chi connectivity index (χ0v) is 13.1. The minimum absolute atomic E-state index is 0. The van der Waals surface area contributed by atoms with Crippen molar-refractivity contribution in [2.75, 3.05) is 41.3 Å². The smallest absolute Gasteiger partial charge is 0.807 e. The maximum Gasteiger partial charge on any atom is 1.00 e. The molecule has 0 bridgehead atoms. The molecule has 1 rings (SSSR count). The summed E-state index contributed by atoms with van der Waals surface area (Å²) in [6.45, 7) is 1.83. The van der Waals surface area contributed by atoms with E-state index >= 15 is 0 Å². The molecule has 0 radical (unpaired) electrons. The Morgan fingerprint density at radius 1 is 1.37 bits per heavy atom. The number of allylic oxidation sites excluding steroid dienone is 1. The molecule has 0 saturated carbocycles. The van der Waals surface area contributed by atoms with E-state index in [9.17, 15) is 5.11 Å². The third-order valence-electron chi connectivity index (χ3n) is 2.93. The number of nitrogens with one attached hydrogen (secondary N) is 2. The first-order chi connectivity index (χ1) is 8.06. The number of likely N-dealkylation sites (N-methyl/N-ethyl adjacent to an activating group) is 2. The van der Waals surface area contributed by atoms with Gasteiger partial charge in [-0.25, -0.2) is 12.5 Å². The van der Waals surface area contributed by atoms with E-state index in [1.54, 1.807) is 13.3 Å². The summed E-state index contributed by atoms with van der Waals surface area (Å²) in [6, 6.07) is 0. The van der Waals surface area contributed by atoms with Gasteiger partial charge < -0.3 is 24.6 Å². The molecule has 0 aromatic carbocycles. The van der Waals surface area contributed by atoms with Crippen molar-refractivity contribution in [3.63, 3.8) is 0 Å². The van der Waals surface area contributed by atoms with E-state index in [0.717, 1.165) is 18.0 Å². The van der Waals surface area contributed by atoms with E-state index in [2.05, 4.69) is 19.1 Å². The van der Waals surface area contributed by atoms with Crippen LogP contribution in [0.4, 0.5) is 0 Å². The van der Waals surface area contributed by atoms with Gasteiger partial charge in [0.25, 0.3) is 0 Å². The number of ether oxygens (including phenoxy) is 1. The number of nitrogens with zero attached hydrogens (tertiary/aromatic N) is 1. The second kappa shape index (κ2) is 10.9. The Kier molecular flexibility index (Phi) is 12.3. The van der Waals surface area contributed by atoms with Crippen LogP contribution in [0.1, 0.15) is 0 Å². The first kappa shape index (κ1) is 21.5. The molecule has 5 nitrogen and oxygen atoms in total. The third kappa shape index (κ3) is 6.93. The molecule has 1 heterocycles. The predicted molar refractivity (Wildman–Crippen MR) is 64.6 cm³/mol. The van der Waals surface area contributed by atoms with Crippen LogP contribution in [0.25, 0.3) is 0 Å². The van der Waals surface area contributed by atoms with Gasteiger partial charge in [0.2, 0.25) is 0 Å². The molecule has 3 atom stereocenters. The van der Waals surface area contributed by atoms with Crippen LogP contribution in [0.15, 0.2) is 17.3 Å². The van der Waals surface area contributed by atoms with Gasteiger partial charge >= 0.3 is 37.7 Å². The zero-order chi connectivity index (χ0) is 12.8. The number of methoxy groups -OCH3 is 1. The molecule has 7 heteroatoms. The molecule has 98 valence electrons. The predicted octanol–water partition coefficient (Wildman–Crippen LogP) is -9.27. The molecule has 0 aliphatic carbocycles. The van der Waals surface area contributed by atoms with Gasteiger partial charge in [-0.2, -0.15) is 0 Å². The first-order valence-corrected chi connectivity index (χ1v) is 5.95. The van der Waals surface area contributed by atoms with Crippen LogP contribution >= 0.6 is 0 Å². The largest absolute Gasteiger partial charge is 1.00 e. The van der Waals surface area contributed by atoms with Crippen LogP contribution in [-0.4, -0.2) is 53.5 Å². The van der Waals surface area contributed by atoms with Gasteiger partial charge in [0, 0.05) is 12.1 Å². The van der Waals surface area contributed by atoms with Crippen molar-refractivity contribution in [2.24, 2.45) is 10.9 Å². The number of aliphatic imine (C=N–C) groups is 1. The monoisotopic (exact) mass is 255 g/mol. The summed E-state index contributed by atoms with van der Waals surface area (Å²) in [4.78, 5) is 6.41. The van der Waals surface area contributed by atoms with Gasteiger partial charge in [0.05, 0.1) is 28.3 Å². The van der Waals surface area contributed by atoms with Gasteiger partial charge in [-0.05, 0) is 0 Å². The number of hydrogen-bond acceptors (Lipinski definition) is 3. The minimum atomic E-state index is -0.766. The molecule has 19 heavy (non-hydrogen) atoms. The fourth-order valence-corrected chi connectivity index (χ4v) is 1.77. The van der Waals surface area contributed by atoms with E-state index in [-0.39, 0.29) is 43.6 Å². The Balaban J connectivity index is 0. The van der Waals surface area contributed by atoms with Crippen molar-refractivity contribution < 1.29 is 57.4 Å². The molecule has 1 aliphatic heterocycles. The van der Waals surface area contributed by atoms with Crippen LogP contribution in [-0.2, 0) is 4.74 Å². The second-order valence-electron chi connectivity index (χ2n) is 4.71. The molecule has 0 spiro atoms. The normalized spacial score (nSPS) is 20.5. The molecule has 1 aliphatic rings. The van der Waals surface area contributed by atoms with E-state index in [1.807, 2.05) is 19.5 Å². The van der Waals surface area contributed by atoms with Crippen molar-refractivity contribution in [2.45, 2.75) is 6.23 Å². The van der Waals surface area contributed by atoms with E-state index in [1.165, 1.54) is 4.90 Å². The summed E-state index contributed by atoms with van der Waals surface area (Å²) in [5.74, 6) is 0.256. The molecule has 0 saturated heterocycles. The van der Waals surface area contributed by atoms with Crippen LogP contribution in [0.2, 0.25) is 0 Å². The van der Waals surface area contributed by atoms with Crippen LogP contribution in [0, 0.1) is 12.3 Å². The number of rotatable bonds is 5. The maximum absolute atomic E-state index is 12.3. The summed E-state index contributed by atoms with van der Waals surface area (Å²) >= 11 is 0. The number of hydrogen-bond donors (Lipinski definition) is 2. The second-order valence-corrected chi connectivity index (χ2v) is 4.71. The molecule has 2 N–H and O–H groups in total. The summed E-state index contributed by atoms with van der Waals surface area (Å²) in [6.07, 6.45) is 4.57. The Hall–Kier alpha value is 0.155. The molecule has 3 unspecified atom stereocenters. The average molecular weight is 255 g/mol. The van der Waals surface area contributed by atoms with E-state index in [0.29, 0.717) is 5.90 Å². The topological polar surface area (TPSA) is 53.5 Å². The van der Waals surface area contributed by atoms with E-state index in [4.69, 9.17) is 4.74 Å². The third-order valence-corrected chi connectivity index (χ3v) is 2.93. The molecule has 0 aromatic rings. The molecular weight excluding hydrogens is 232 g/mol. The summed E-state index contributed by atoms with van der Waals surface area (Å²) in [5, 5.41) is 12.3. The molecule has 0 aromatic heterocycles. The van der Waals surface area contributed by atoms with Crippen LogP contribution in [0.3, 0.4) is 0 Å². The number of quaternary nitrogens is 2. The SMILES string of the molecule is COC1=NC=C[CH-]C1C([O-])[NH+](C)CC[NH+](C)C.[Li+].[Li+]. The van der Waals surface area contributed by atoms with Crippen LogP contribution in [0.5, 0.6) is 0 Å². The van der Waals surface area contributed by atoms with Gasteiger partial charge in [0.1, 0.15) is 13.1 Å². The average Bonchev–Trinajstić information content (AvgIpc) is 2.34. The van der Waals surface area contributed by atoms with Gasteiger partial charge in [-0.1, -0.05) is 0 Å². The Bertz CT molecular complexity index is 299. The first-order valence-electron chi connectivity index (χ1n) is 5.95. The minimum Gasteiger partial charge on any atom is -0.807 e. The van der Waals surface area contributed by atoms with Gasteiger partial charge in [-0.3, -0.25) is 0 Å². The molecule has 0 amide bonds. The van der Waals surface area contributed by atoms with Crippen molar-refractivity contribution in [1.29, 1.82) is 0 Å². The maximum atomic E-state index is 12.3. The van der Waals surface area contributed by atoms with Crippen molar-refractivity contribution >= 4 is 5.90 Å². The standard InChI is InChI=1S/C12H21N3O2.2Li/c1-14(2)8-9-15(3)12(16)10-6-5-7-13-11(10)17-4;;/h5-7,10,12H,8-9H2,1-4H3;;/q-2;2*+1/p+2. The fraction of sp³-hybridized carbons (Fsp3) is 0.667. The van der Waals surface area contributed by atoms with Crippen LogP contribution < -0.4 is 52.6 Å². The van der Waals surface area contributed by atoms with Crippen molar-refractivity contribution in [1.82, 2.24) is 0 Å².